The summed E-state index contributed by atoms with van der Waals surface area (Å²) in [5.41, 5.74) is 5.63. The first-order valence-corrected chi connectivity index (χ1v) is 6.68. The number of aryl methyl sites for hydroxylation is 1. The predicted molar refractivity (Wildman–Crippen MR) is 59.1 cm³/mol. The molecule has 1 aromatic heterocycles. The molecule has 0 atom stereocenters. The first-order chi connectivity index (χ1) is 5.90. The lowest BCUT2D eigenvalue weighted by Gasteiger charge is -2.02. The van der Waals surface area contributed by atoms with Crippen LogP contribution >= 0.6 is 22.6 Å². The minimum Gasteiger partial charge on any atom is -0.383 e. The highest BCUT2D eigenvalue weighted by atomic mass is 127. The molecule has 1 heterocycles. The van der Waals surface area contributed by atoms with Gasteiger partial charge in [0.2, 0.25) is 0 Å². The fourth-order valence-corrected chi connectivity index (χ4v) is 1.71. The van der Waals surface area contributed by atoms with E-state index in [-0.39, 0.29) is 5.75 Å². The van der Waals surface area contributed by atoms with E-state index in [0.29, 0.717) is 12.4 Å². The molecular weight excluding hydrogens is 305 g/mol. The molecule has 0 bridgehead atoms. The average molecular weight is 315 g/mol. The van der Waals surface area contributed by atoms with Crippen LogP contribution in [0.5, 0.6) is 0 Å². The minimum absolute atomic E-state index is 0.0644. The summed E-state index contributed by atoms with van der Waals surface area (Å²) in [7, 11) is -2.95. The third-order valence-electron chi connectivity index (χ3n) is 1.51. The van der Waals surface area contributed by atoms with Gasteiger partial charge in [-0.2, -0.15) is 5.10 Å². The van der Waals surface area contributed by atoms with Gasteiger partial charge in [0, 0.05) is 6.26 Å². The molecule has 0 fully saturated rings. The summed E-state index contributed by atoms with van der Waals surface area (Å²) < 4.78 is 24.0. The van der Waals surface area contributed by atoms with Crippen molar-refractivity contribution in [3.05, 3.63) is 9.77 Å². The summed E-state index contributed by atoms with van der Waals surface area (Å²) in [6.07, 6.45) is 2.80. The summed E-state index contributed by atoms with van der Waals surface area (Å²) in [4.78, 5) is 0. The third kappa shape index (κ3) is 3.14. The van der Waals surface area contributed by atoms with Crippen molar-refractivity contribution in [3.8, 4) is 0 Å². The van der Waals surface area contributed by atoms with Crippen molar-refractivity contribution in [1.29, 1.82) is 0 Å². The Morgan fingerprint density at radius 2 is 2.31 bits per heavy atom. The van der Waals surface area contributed by atoms with Gasteiger partial charge in [0.1, 0.15) is 15.7 Å². The number of nitrogen functional groups attached to an aromatic ring is 1. The number of halogens is 1. The number of nitrogens with two attached hydrogens (primary N) is 1. The van der Waals surface area contributed by atoms with Gasteiger partial charge in [-0.1, -0.05) is 0 Å². The van der Waals surface area contributed by atoms with Gasteiger partial charge in [0.05, 0.1) is 22.1 Å². The molecule has 0 saturated heterocycles. The quantitative estimate of drug-likeness (QED) is 0.804. The summed E-state index contributed by atoms with van der Waals surface area (Å²) in [6, 6.07) is 0. The molecule has 13 heavy (non-hydrogen) atoms. The Hall–Kier alpha value is -0.310. The predicted octanol–water partition coefficient (Wildman–Crippen LogP) is 0.114. The van der Waals surface area contributed by atoms with Crippen LogP contribution in [0.25, 0.3) is 0 Å². The van der Waals surface area contributed by atoms with Gasteiger partial charge >= 0.3 is 0 Å². The number of sulfone groups is 1. The van der Waals surface area contributed by atoms with Crippen molar-refractivity contribution in [2.45, 2.75) is 6.54 Å². The Morgan fingerprint density at radius 1 is 1.69 bits per heavy atom. The summed E-state index contributed by atoms with van der Waals surface area (Å²) >= 11 is 2.05. The van der Waals surface area contributed by atoms with Crippen molar-refractivity contribution in [2.24, 2.45) is 0 Å². The Morgan fingerprint density at radius 3 is 2.69 bits per heavy atom. The maximum Gasteiger partial charge on any atom is 0.149 e. The molecule has 0 aliphatic carbocycles. The van der Waals surface area contributed by atoms with Crippen molar-refractivity contribution < 1.29 is 8.42 Å². The van der Waals surface area contributed by atoms with E-state index in [1.165, 1.54) is 10.9 Å². The Kier molecular flexibility index (Phi) is 3.17. The van der Waals surface area contributed by atoms with Gasteiger partial charge < -0.3 is 5.73 Å². The van der Waals surface area contributed by atoms with Crippen LogP contribution in [0.2, 0.25) is 0 Å². The zero-order valence-corrected chi connectivity index (χ0v) is 10.0. The number of hydrogen-bond acceptors (Lipinski definition) is 4. The Bertz CT molecular complexity index is 398. The van der Waals surface area contributed by atoms with E-state index in [1.54, 1.807) is 6.20 Å². The molecule has 0 aliphatic heterocycles. The van der Waals surface area contributed by atoms with E-state index < -0.39 is 9.84 Å². The molecule has 5 nitrogen and oxygen atoms in total. The maximum absolute atomic E-state index is 10.8. The van der Waals surface area contributed by atoms with Crippen molar-refractivity contribution >= 4 is 38.2 Å². The molecule has 74 valence electrons. The second kappa shape index (κ2) is 3.82. The second-order valence-corrected chi connectivity index (χ2v) is 6.15. The zero-order chi connectivity index (χ0) is 10.1. The molecular formula is C6H10IN3O2S. The summed E-state index contributed by atoms with van der Waals surface area (Å²) in [5.74, 6) is 0.582. The zero-order valence-electron chi connectivity index (χ0n) is 7.07. The van der Waals surface area contributed by atoms with Crippen molar-refractivity contribution in [1.82, 2.24) is 9.78 Å². The Labute approximate surface area is 90.4 Å². The average Bonchev–Trinajstić information content (AvgIpc) is 2.29. The van der Waals surface area contributed by atoms with Crippen LogP contribution in [0.4, 0.5) is 5.82 Å². The highest BCUT2D eigenvalue weighted by molar-refractivity contribution is 14.1. The van der Waals surface area contributed by atoms with Gasteiger partial charge in [-0.05, 0) is 22.6 Å². The number of hydrogen-bond donors (Lipinski definition) is 1. The number of nitrogens with zero attached hydrogens (tertiary/aromatic N) is 2. The molecule has 1 aromatic rings. The minimum atomic E-state index is -2.95. The van der Waals surface area contributed by atoms with E-state index in [1.807, 2.05) is 22.6 Å². The van der Waals surface area contributed by atoms with Crippen molar-refractivity contribution in [3.63, 3.8) is 0 Å². The molecule has 0 aliphatic rings. The van der Waals surface area contributed by atoms with E-state index in [9.17, 15) is 8.42 Å². The van der Waals surface area contributed by atoms with Crippen LogP contribution in [0.3, 0.4) is 0 Å². The topological polar surface area (TPSA) is 78.0 Å². The highest BCUT2D eigenvalue weighted by Gasteiger charge is 2.07. The summed E-state index contributed by atoms with van der Waals surface area (Å²) in [6.45, 7) is 0.313. The lowest BCUT2D eigenvalue weighted by atomic mass is 10.6. The Balaban J connectivity index is 2.71. The molecule has 1 rings (SSSR count). The van der Waals surface area contributed by atoms with Crippen LogP contribution in [0.1, 0.15) is 0 Å². The lowest BCUT2D eigenvalue weighted by Crippen LogP contribution is -2.14. The number of aromatic nitrogens is 2. The van der Waals surface area contributed by atoms with Gasteiger partial charge in [-0.3, -0.25) is 0 Å². The molecule has 2 N–H and O–H groups in total. The maximum atomic E-state index is 10.8. The number of rotatable bonds is 3. The molecule has 0 spiro atoms. The second-order valence-electron chi connectivity index (χ2n) is 2.73. The summed E-state index contributed by atoms with van der Waals surface area (Å²) in [5, 5.41) is 3.94. The van der Waals surface area contributed by atoms with Crippen LogP contribution in [-0.4, -0.2) is 30.2 Å². The first-order valence-electron chi connectivity index (χ1n) is 3.54. The third-order valence-corrected chi connectivity index (χ3v) is 3.26. The number of anilines is 1. The standard InChI is InChI=1S/C6H10IN3O2S/c1-13(11,12)3-2-10-6(8)5(7)4-9-10/h4H,2-3,8H2,1H3. The van der Waals surface area contributed by atoms with E-state index in [0.717, 1.165) is 3.57 Å². The van der Waals surface area contributed by atoms with Gasteiger partial charge in [0.25, 0.3) is 0 Å². The van der Waals surface area contributed by atoms with Gasteiger partial charge in [-0.25, -0.2) is 13.1 Å². The monoisotopic (exact) mass is 315 g/mol. The smallest absolute Gasteiger partial charge is 0.149 e. The fraction of sp³-hybridized carbons (Fsp3) is 0.500. The van der Waals surface area contributed by atoms with Crippen LogP contribution < -0.4 is 5.73 Å². The first kappa shape index (κ1) is 10.8. The SMILES string of the molecule is CS(=O)(=O)CCn1ncc(I)c1N. The molecule has 0 saturated carbocycles. The molecule has 0 amide bonds. The van der Waals surface area contributed by atoms with E-state index >= 15 is 0 Å². The van der Waals surface area contributed by atoms with Crippen LogP contribution in [-0.2, 0) is 16.4 Å². The van der Waals surface area contributed by atoms with Crippen LogP contribution in [0, 0.1) is 3.57 Å². The normalized spacial score (nSPS) is 11.8. The van der Waals surface area contributed by atoms with E-state index in [2.05, 4.69) is 5.10 Å². The van der Waals surface area contributed by atoms with Crippen molar-refractivity contribution in [2.75, 3.05) is 17.7 Å². The molecule has 7 heteroatoms. The highest BCUT2D eigenvalue weighted by Crippen LogP contribution is 2.12. The lowest BCUT2D eigenvalue weighted by molar-refractivity contribution is 0.587. The molecule has 0 aromatic carbocycles. The molecule has 0 unspecified atom stereocenters. The fourth-order valence-electron chi connectivity index (χ4n) is 0.802. The van der Waals surface area contributed by atoms with Gasteiger partial charge in [-0.15, -0.1) is 0 Å². The van der Waals surface area contributed by atoms with Crippen LogP contribution in [0.15, 0.2) is 6.20 Å². The largest absolute Gasteiger partial charge is 0.383 e. The van der Waals surface area contributed by atoms with E-state index in [4.69, 9.17) is 5.73 Å². The molecule has 0 radical (unpaired) electrons. The van der Waals surface area contributed by atoms with Gasteiger partial charge in [0.15, 0.2) is 0 Å².